The van der Waals surface area contributed by atoms with Crippen molar-refractivity contribution in [1.82, 2.24) is 15.0 Å². The van der Waals surface area contributed by atoms with Crippen molar-refractivity contribution in [2.24, 2.45) is 0 Å². The van der Waals surface area contributed by atoms with Crippen LogP contribution in [0.25, 0.3) is 11.4 Å². The molecule has 0 spiro atoms. The highest BCUT2D eigenvalue weighted by atomic mass is 35.5. The van der Waals surface area contributed by atoms with Crippen LogP contribution in [0, 0.1) is 0 Å². The summed E-state index contributed by atoms with van der Waals surface area (Å²) in [7, 11) is 0. The van der Waals surface area contributed by atoms with E-state index in [2.05, 4.69) is 19.9 Å². The zero-order valence-electron chi connectivity index (χ0n) is 10.2. The molecule has 2 heterocycles. The Labute approximate surface area is 121 Å². The standard InChI is InChI=1S/C13H12Cl2N4/c14-10-6-2-1-5-9(10)11-16-12(15)18-13(17-11)19-7-3-4-8-19/h1-2,5-6H,3-4,7-8H2. The molecule has 0 unspecified atom stereocenters. The van der Waals surface area contributed by atoms with E-state index in [1.807, 2.05) is 24.3 Å². The smallest absolute Gasteiger partial charge is 0.230 e. The second-order valence-corrected chi connectivity index (χ2v) is 5.15. The Morgan fingerprint density at radius 3 is 2.42 bits per heavy atom. The highest BCUT2D eigenvalue weighted by Crippen LogP contribution is 2.27. The fourth-order valence-corrected chi connectivity index (χ4v) is 2.54. The van der Waals surface area contributed by atoms with Crippen molar-refractivity contribution in [1.29, 1.82) is 0 Å². The van der Waals surface area contributed by atoms with Crippen molar-refractivity contribution in [3.05, 3.63) is 34.6 Å². The Hall–Kier alpha value is -1.39. The van der Waals surface area contributed by atoms with Crippen molar-refractivity contribution in [2.75, 3.05) is 18.0 Å². The van der Waals surface area contributed by atoms with Gasteiger partial charge < -0.3 is 4.90 Å². The first-order valence-corrected chi connectivity index (χ1v) is 6.91. The van der Waals surface area contributed by atoms with E-state index < -0.39 is 0 Å². The summed E-state index contributed by atoms with van der Waals surface area (Å²) in [4.78, 5) is 15.0. The van der Waals surface area contributed by atoms with E-state index in [4.69, 9.17) is 23.2 Å². The van der Waals surface area contributed by atoms with Crippen LogP contribution in [0.2, 0.25) is 10.3 Å². The molecule has 1 aromatic carbocycles. The largest absolute Gasteiger partial charge is 0.341 e. The summed E-state index contributed by atoms with van der Waals surface area (Å²) >= 11 is 12.2. The lowest BCUT2D eigenvalue weighted by molar-refractivity contribution is 0.883. The van der Waals surface area contributed by atoms with Gasteiger partial charge in [-0.2, -0.15) is 15.0 Å². The molecule has 1 aromatic heterocycles. The van der Waals surface area contributed by atoms with Gasteiger partial charge in [-0.3, -0.25) is 0 Å². The number of hydrogen-bond acceptors (Lipinski definition) is 4. The van der Waals surface area contributed by atoms with Gasteiger partial charge in [-0.25, -0.2) is 0 Å². The molecular formula is C13H12Cl2N4. The Morgan fingerprint density at radius 2 is 1.68 bits per heavy atom. The van der Waals surface area contributed by atoms with Gasteiger partial charge in [0.15, 0.2) is 5.82 Å². The van der Waals surface area contributed by atoms with E-state index in [0.717, 1.165) is 31.5 Å². The molecule has 3 rings (SSSR count). The van der Waals surface area contributed by atoms with Crippen molar-refractivity contribution >= 4 is 29.2 Å². The number of rotatable bonds is 2. The molecule has 4 nitrogen and oxygen atoms in total. The zero-order chi connectivity index (χ0) is 13.2. The monoisotopic (exact) mass is 294 g/mol. The number of hydrogen-bond donors (Lipinski definition) is 0. The Morgan fingerprint density at radius 1 is 0.947 bits per heavy atom. The molecule has 0 saturated carbocycles. The van der Waals surface area contributed by atoms with Crippen molar-refractivity contribution in [3.63, 3.8) is 0 Å². The van der Waals surface area contributed by atoms with Gasteiger partial charge in [0.1, 0.15) is 0 Å². The second kappa shape index (κ2) is 5.31. The summed E-state index contributed by atoms with van der Waals surface area (Å²) in [6, 6.07) is 7.45. The average molecular weight is 295 g/mol. The van der Waals surface area contributed by atoms with Crippen molar-refractivity contribution < 1.29 is 0 Å². The predicted molar refractivity (Wildman–Crippen MR) is 76.7 cm³/mol. The van der Waals surface area contributed by atoms with Crippen LogP contribution in [-0.2, 0) is 0 Å². The van der Waals surface area contributed by atoms with Crippen LogP contribution < -0.4 is 4.90 Å². The molecule has 0 N–H and O–H groups in total. The number of aromatic nitrogens is 3. The molecule has 0 aliphatic carbocycles. The molecule has 0 bridgehead atoms. The number of benzene rings is 1. The Balaban J connectivity index is 2.04. The number of anilines is 1. The molecule has 2 aromatic rings. The molecule has 0 amide bonds. The highest BCUT2D eigenvalue weighted by molar-refractivity contribution is 6.33. The van der Waals surface area contributed by atoms with Gasteiger partial charge in [-0.1, -0.05) is 23.7 Å². The van der Waals surface area contributed by atoms with Gasteiger partial charge in [-0.15, -0.1) is 0 Å². The van der Waals surface area contributed by atoms with Crippen LogP contribution in [0.15, 0.2) is 24.3 Å². The van der Waals surface area contributed by atoms with E-state index in [1.165, 1.54) is 0 Å². The molecule has 98 valence electrons. The fourth-order valence-electron chi connectivity index (χ4n) is 2.16. The SMILES string of the molecule is Clc1nc(-c2ccccc2Cl)nc(N2CCCC2)n1. The van der Waals surface area contributed by atoms with Crippen LogP contribution >= 0.6 is 23.2 Å². The zero-order valence-corrected chi connectivity index (χ0v) is 11.7. The predicted octanol–water partition coefficient (Wildman–Crippen LogP) is 3.45. The maximum atomic E-state index is 6.17. The summed E-state index contributed by atoms with van der Waals surface area (Å²) in [5.41, 5.74) is 0.772. The van der Waals surface area contributed by atoms with E-state index in [9.17, 15) is 0 Å². The molecule has 0 radical (unpaired) electrons. The molecule has 19 heavy (non-hydrogen) atoms. The molecule has 1 saturated heterocycles. The van der Waals surface area contributed by atoms with Gasteiger partial charge in [0.25, 0.3) is 0 Å². The molecule has 6 heteroatoms. The maximum Gasteiger partial charge on any atom is 0.230 e. The van der Waals surface area contributed by atoms with Crippen molar-refractivity contribution in [2.45, 2.75) is 12.8 Å². The molecule has 1 fully saturated rings. The lowest BCUT2D eigenvalue weighted by atomic mass is 10.2. The minimum absolute atomic E-state index is 0.201. The Kier molecular flexibility index (Phi) is 3.53. The third-order valence-corrected chi connectivity index (χ3v) is 3.60. The van der Waals surface area contributed by atoms with Crippen LogP contribution in [-0.4, -0.2) is 28.0 Å². The minimum atomic E-state index is 0.201. The molecular weight excluding hydrogens is 283 g/mol. The minimum Gasteiger partial charge on any atom is -0.341 e. The highest BCUT2D eigenvalue weighted by Gasteiger charge is 2.18. The lowest BCUT2D eigenvalue weighted by Crippen LogP contribution is -2.21. The summed E-state index contributed by atoms with van der Waals surface area (Å²) in [6.45, 7) is 1.92. The van der Waals surface area contributed by atoms with Gasteiger partial charge >= 0.3 is 0 Å². The fraction of sp³-hybridized carbons (Fsp3) is 0.308. The van der Waals surface area contributed by atoms with E-state index in [1.54, 1.807) is 0 Å². The van der Waals surface area contributed by atoms with Gasteiger partial charge in [-0.05, 0) is 36.6 Å². The number of halogens is 2. The quantitative estimate of drug-likeness (QED) is 0.851. The van der Waals surface area contributed by atoms with E-state index in [0.29, 0.717) is 16.8 Å². The molecule has 0 atom stereocenters. The first-order chi connectivity index (χ1) is 9.24. The van der Waals surface area contributed by atoms with E-state index >= 15 is 0 Å². The summed E-state index contributed by atoms with van der Waals surface area (Å²) in [5, 5.41) is 0.809. The van der Waals surface area contributed by atoms with Gasteiger partial charge in [0.05, 0.1) is 5.02 Å². The van der Waals surface area contributed by atoms with Gasteiger partial charge in [0.2, 0.25) is 11.2 Å². The van der Waals surface area contributed by atoms with Crippen LogP contribution in [0.3, 0.4) is 0 Å². The molecule has 1 aliphatic heterocycles. The first kappa shape index (κ1) is 12.6. The van der Waals surface area contributed by atoms with Crippen molar-refractivity contribution in [3.8, 4) is 11.4 Å². The van der Waals surface area contributed by atoms with E-state index in [-0.39, 0.29) is 5.28 Å². The first-order valence-electron chi connectivity index (χ1n) is 6.15. The third kappa shape index (κ3) is 2.65. The maximum absolute atomic E-state index is 6.17. The topological polar surface area (TPSA) is 41.9 Å². The molecule has 1 aliphatic rings. The lowest BCUT2D eigenvalue weighted by Gasteiger charge is -2.15. The van der Waals surface area contributed by atoms with Crippen LogP contribution in [0.4, 0.5) is 5.95 Å². The third-order valence-electron chi connectivity index (χ3n) is 3.10. The van der Waals surface area contributed by atoms with Crippen LogP contribution in [0.5, 0.6) is 0 Å². The number of nitrogens with zero attached hydrogens (tertiary/aromatic N) is 4. The summed E-state index contributed by atoms with van der Waals surface area (Å²) < 4.78 is 0. The Bertz CT molecular complexity index is 597. The average Bonchev–Trinajstić information content (AvgIpc) is 2.92. The normalized spacial score (nSPS) is 14.9. The summed E-state index contributed by atoms with van der Waals surface area (Å²) in [5.74, 6) is 1.15. The van der Waals surface area contributed by atoms with Gasteiger partial charge in [0, 0.05) is 18.7 Å². The second-order valence-electron chi connectivity index (χ2n) is 4.40. The van der Waals surface area contributed by atoms with Crippen LogP contribution in [0.1, 0.15) is 12.8 Å². The summed E-state index contributed by atoms with van der Waals surface area (Å²) in [6.07, 6.45) is 2.31.